The van der Waals surface area contributed by atoms with Gasteiger partial charge in [0, 0.05) is 17.1 Å². The van der Waals surface area contributed by atoms with Gasteiger partial charge in [0.2, 0.25) is 0 Å². The van der Waals surface area contributed by atoms with Crippen molar-refractivity contribution in [2.75, 3.05) is 11.9 Å². The lowest BCUT2D eigenvalue weighted by atomic mass is 10.1. The summed E-state index contributed by atoms with van der Waals surface area (Å²) in [5.74, 6) is 0. The van der Waals surface area contributed by atoms with Gasteiger partial charge in [0.1, 0.15) is 5.02 Å². The lowest BCUT2D eigenvalue weighted by Crippen LogP contribution is -2.16. The molecule has 1 unspecified atom stereocenters. The van der Waals surface area contributed by atoms with E-state index in [-0.39, 0.29) is 11.6 Å². The third-order valence-corrected chi connectivity index (χ3v) is 3.27. The molecule has 1 aromatic heterocycles. The second-order valence-electron chi connectivity index (χ2n) is 3.84. The Hall–Kier alpha value is -1.56. The molecule has 1 atom stereocenters. The molecule has 0 aliphatic heterocycles. The summed E-state index contributed by atoms with van der Waals surface area (Å²) < 4.78 is 0. The Morgan fingerprint density at radius 2 is 2.11 bits per heavy atom. The molecule has 1 heterocycles. The van der Waals surface area contributed by atoms with Crippen LogP contribution < -0.4 is 10.9 Å². The number of nitrogens with zero attached hydrogens (tertiary/aromatic N) is 1. The Kier molecular flexibility index (Phi) is 4.42. The molecule has 1 aromatic carbocycles. The van der Waals surface area contributed by atoms with E-state index in [2.05, 4.69) is 15.5 Å². The number of aliphatic hydroxyl groups is 1. The van der Waals surface area contributed by atoms with Gasteiger partial charge >= 0.3 is 0 Å². The maximum Gasteiger partial charge on any atom is 0.285 e. The van der Waals surface area contributed by atoms with E-state index in [0.717, 1.165) is 0 Å². The molecule has 0 bridgehead atoms. The molecule has 7 heteroatoms. The van der Waals surface area contributed by atoms with Crippen molar-refractivity contribution in [3.05, 3.63) is 56.4 Å². The molecule has 2 rings (SSSR count). The molecule has 0 fully saturated rings. The first kappa shape index (κ1) is 13.9. The average Bonchev–Trinajstić information content (AvgIpc) is 2.40. The van der Waals surface area contributed by atoms with Crippen LogP contribution in [-0.2, 0) is 0 Å². The van der Waals surface area contributed by atoms with Crippen molar-refractivity contribution in [1.82, 2.24) is 10.2 Å². The van der Waals surface area contributed by atoms with E-state index in [9.17, 15) is 9.90 Å². The van der Waals surface area contributed by atoms with Crippen LogP contribution in [0.15, 0.2) is 35.3 Å². The Morgan fingerprint density at radius 1 is 1.37 bits per heavy atom. The van der Waals surface area contributed by atoms with E-state index >= 15 is 0 Å². The van der Waals surface area contributed by atoms with Gasteiger partial charge in [-0.3, -0.25) is 4.79 Å². The topological polar surface area (TPSA) is 78.0 Å². The van der Waals surface area contributed by atoms with E-state index in [1.54, 1.807) is 24.3 Å². The van der Waals surface area contributed by atoms with Gasteiger partial charge in [-0.25, -0.2) is 5.10 Å². The van der Waals surface area contributed by atoms with Crippen molar-refractivity contribution in [2.24, 2.45) is 0 Å². The van der Waals surface area contributed by atoms with Crippen molar-refractivity contribution in [1.29, 1.82) is 0 Å². The fourth-order valence-corrected chi connectivity index (χ4v) is 1.99. The summed E-state index contributed by atoms with van der Waals surface area (Å²) in [5, 5.41) is 19.2. The molecular weight excluding hydrogens is 289 g/mol. The third kappa shape index (κ3) is 3.26. The maximum absolute atomic E-state index is 11.2. The zero-order valence-electron chi connectivity index (χ0n) is 9.73. The summed E-state index contributed by atoms with van der Waals surface area (Å²) in [6.07, 6.45) is 0.562. The van der Waals surface area contributed by atoms with Crippen molar-refractivity contribution in [3.8, 4) is 0 Å². The molecule has 0 saturated carbocycles. The number of nitrogens with one attached hydrogen (secondary N) is 2. The van der Waals surface area contributed by atoms with E-state index in [1.807, 2.05) is 0 Å². The molecule has 0 amide bonds. The number of anilines is 1. The van der Waals surface area contributed by atoms with Gasteiger partial charge in [0.05, 0.1) is 18.0 Å². The number of hydrogen-bond donors (Lipinski definition) is 3. The molecule has 0 spiro atoms. The zero-order valence-corrected chi connectivity index (χ0v) is 11.2. The van der Waals surface area contributed by atoms with Gasteiger partial charge in [-0.1, -0.05) is 41.4 Å². The van der Waals surface area contributed by atoms with Crippen LogP contribution in [0.25, 0.3) is 0 Å². The van der Waals surface area contributed by atoms with Gasteiger partial charge in [-0.05, 0) is 6.07 Å². The fourth-order valence-electron chi connectivity index (χ4n) is 1.57. The largest absolute Gasteiger partial charge is 0.387 e. The average molecular weight is 300 g/mol. The second-order valence-corrected chi connectivity index (χ2v) is 4.63. The summed E-state index contributed by atoms with van der Waals surface area (Å²) in [5.41, 5.74) is 0.473. The zero-order chi connectivity index (χ0) is 13.8. The molecule has 5 nitrogen and oxygen atoms in total. The number of aliphatic hydroxyl groups excluding tert-OH is 1. The first-order valence-electron chi connectivity index (χ1n) is 5.49. The first-order chi connectivity index (χ1) is 9.09. The maximum atomic E-state index is 11.2. The number of aromatic amines is 1. The molecule has 0 aliphatic carbocycles. The molecule has 0 saturated heterocycles. The standard InChI is InChI=1S/C12H11Cl2N3O2/c13-8-4-2-1-3-7(8)10(18)6-15-9-5-16-17-12(19)11(9)14/h1-5,10,18H,6H2,(H2,15,17,19). The van der Waals surface area contributed by atoms with E-state index in [0.29, 0.717) is 16.3 Å². The summed E-state index contributed by atoms with van der Waals surface area (Å²) in [7, 11) is 0. The lowest BCUT2D eigenvalue weighted by molar-refractivity contribution is 0.191. The highest BCUT2D eigenvalue weighted by Gasteiger charge is 2.12. The Morgan fingerprint density at radius 3 is 2.84 bits per heavy atom. The fraction of sp³-hybridized carbons (Fsp3) is 0.167. The van der Waals surface area contributed by atoms with Crippen LogP contribution in [0.5, 0.6) is 0 Å². The molecule has 19 heavy (non-hydrogen) atoms. The molecule has 0 radical (unpaired) electrons. The Balaban J connectivity index is 2.09. The molecule has 2 aromatic rings. The monoisotopic (exact) mass is 299 g/mol. The number of aromatic nitrogens is 2. The van der Waals surface area contributed by atoms with Gasteiger partial charge in [-0.2, -0.15) is 5.10 Å². The van der Waals surface area contributed by atoms with Crippen molar-refractivity contribution in [3.63, 3.8) is 0 Å². The highest BCUT2D eigenvalue weighted by molar-refractivity contribution is 6.33. The number of hydrogen-bond acceptors (Lipinski definition) is 4. The first-order valence-corrected chi connectivity index (χ1v) is 6.24. The predicted molar refractivity (Wildman–Crippen MR) is 74.8 cm³/mol. The number of H-pyrrole nitrogens is 1. The predicted octanol–water partition coefficient (Wildman–Crippen LogP) is 2.22. The number of benzene rings is 1. The molecule has 0 aliphatic rings. The van der Waals surface area contributed by atoms with Gasteiger partial charge in [-0.15, -0.1) is 0 Å². The minimum absolute atomic E-state index is 0.00126. The van der Waals surface area contributed by atoms with E-state index < -0.39 is 11.7 Å². The summed E-state index contributed by atoms with van der Waals surface area (Å²) >= 11 is 11.8. The van der Waals surface area contributed by atoms with Gasteiger partial charge in [0.15, 0.2) is 0 Å². The smallest absolute Gasteiger partial charge is 0.285 e. The number of rotatable bonds is 4. The highest BCUT2D eigenvalue weighted by Crippen LogP contribution is 2.23. The van der Waals surface area contributed by atoms with Crippen molar-refractivity contribution in [2.45, 2.75) is 6.10 Å². The van der Waals surface area contributed by atoms with Gasteiger partial charge < -0.3 is 10.4 Å². The summed E-state index contributed by atoms with van der Waals surface area (Å²) in [6.45, 7) is 0.161. The summed E-state index contributed by atoms with van der Waals surface area (Å²) in [6, 6.07) is 6.99. The highest BCUT2D eigenvalue weighted by atomic mass is 35.5. The normalized spacial score (nSPS) is 12.2. The molecule has 100 valence electrons. The molecular formula is C12H11Cl2N3O2. The lowest BCUT2D eigenvalue weighted by Gasteiger charge is -2.14. The van der Waals surface area contributed by atoms with E-state index in [4.69, 9.17) is 23.2 Å². The van der Waals surface area contributed by atoms with Crippen LogP contribution in [0, 0.1) is 0 Å². The van der Waals surface area contributed by atoms with E-state index in [1.165, 1.54) is 6.20 Å². The summed E-state index contributed by atoms with van der Waals surface area (Å²) in [4.78, 5) is 11.2. The van der Waals surface area contributed by atoms with Crippen LogP contribution in [0.3, 0.4) is 0 Å². The Bertz CT molecular complexity index is 630. The van der Waals surface area contributed by atoms with Crippen LogP contribution in [0.4, 0.5) is 5.69 Å². The van der Waals surface area contributed by atoms with Crippen molar-refractivity contribution >= 4 is 28.9 Å². The Labute approximate surface area is 119 Å². The minimum Gasteiger partial charge on any atom is -0.387 e. The molecule has 3 N–H and O–H groups in total. The van der Waals surface area contributed by atoms with Crippen LogP contribution in [0.1, 0.15) is 11.7 Å². The minimum atomic E-state index is -0.816. The van der Waals surface area contributed by atoms with Gasteiger partial charge in [0.25, 0.3) is 5.56 Å². The van der Waals surface area contributed by atoms with Crippen LogP contribution >= 0.6 is 23.2 Å². The number of halogens is 2. The SMILES string of the molecule is O=c1[nH]ncc(NCC(O)c2ccccc2Cl)c1Cl. The van der Waals surface area contributed by atoms with Crippen molar-refractivity contribution < 1.29 is 5.11 Å². The van der Waals surface area contributed by atoms with Crippen LogP contribution in [0.2, 0.25) is 10.0 Å². The van der Waals surface area contributed by atoms with Crippen LogP contribution in [-0.4, -0.2) is 21.8 Å². The quantitative estimate of drug-likeness (QED) is 0.809. The second kappa shape index (κ2) is 6.06. The third-order valence-electron chi connectivity index (χ3n) is 2.55.